The number of rotatable bonds is 5. The fraction of sp³-hybridized carbons (Fsp3) is 0.609. The number of aromatic nitrogens is 1. The van der Waals surface area contributed by atoms with Crippen molar-refractivity contribution in [3.8, 4) is 5.75 Å². The summed E-state index contributed by atoms with van der Waals surface area (Å²) in [5.41, 5.74) is 0.664. The SMILES string of the molecule is Fc1cc(OC2COC2)c(C2CCN([C@@H]3COC4(C3)CN(c3ncco3)C4)CC2)cc1F. The van der Waals surface area contributed by atoms with Crippen LogP contribution in [0.4, 0.5) is 14.8 Å². The summed E-state index contributed by atoms with van der Waals surface area (Å²) in [7, 11) is 0. The summed E-state index contributed by atoms with van der Waals surface area (Å²) < 4.78 is 50.6. The Hall–Kier alpha value is -2.23. The van der Waals surface area contributed by atoms with E-state index in [1.165, 1.54) is 12.1 Å². The number of nitrogens with zero attached hydrogens (tertiary/aromatic N) is 3. The number of halogens is 2. The second-order valence-electron chi connectivity index (χ2n) is 9.41. The third-order valence-corrected chi connectivity index (χ3v) is 7.28. The van der Waals surface area contributed by atoms with Crippen molar-refractivity contribution in [3.05, 3.63) is 41.8 Å². The van der Waals surface area contributed by atoms with Gasteiger partial charge in [0.2, 0.25) is 0 Å². The van der Waals surface area contributed by atoms with Crippen LogP contribution in [-0.4, -0.2) is 73.6 Å². The highest BCUT2D eigenvalue weighted by atomic mass is 19.2. The lowest BCUT2D eigenvalue weighted by atomic mass is 9.86. The van der Waals surface area contributed by atoms with Crippen LogP contribution in [0.5, 0.6) is 5.75 Å². The zero-order valence-electron chi connectivity index (χ0n) is 17.8. The Bertz CT molecular complexity index is 954. The van der Waals surface area contributed by atoms with Crippen LogP contribution in [0.25, 0.3) is 0 Å². The van der Waals surface area contributed by atoms with Gasteiger partial charge in [0.1, 0.15) is 23.7 Å². The maximum atomic E-state index is 14.0. The Labute approximate surface area is 185 Å². The van der Waals surface area contributed by atoms with Crippen molar-refractivity contribution >= 4 is 6.01 Å². The first-order valence-electron chi connectivity index (χ1n) is 11.3. The average molecular weight is 447 g/mol. The van der Waals surface area contributed by atoms with E-state index >= 15 is 0 Å². The normalized spacial score (nSPS) is 26.3. The second kappa shape index (κ2) is 7.97. The molecule has 1 aromatic carbocycles. The highest BCUT2D eigenvalue weighted by molar-refractivity contribution is 5.38. The van der Waals surface area contributed by atoms with E-state index in [4.69, 9.17) is 18.6 Å². The van der Waals surface area contributed by atoms with E-state index < -0.39 is 11.6 Å². The van der Waals surface area contributed by atoms with E-state index in [9.17, 15) is 8.78 Å². The highest BCUT2D eigenvalue weighted by Gasteiger charge is 2.52. The molecule has 4 aliphatic rings. The molecule has 4 fully saturated rings. The van der Waals surface area contributed by atoms with Crippen LogP contribution in [0.2, 0.25) is 0 Å². The molecule has 1 aromatic heterocycles. The van der Waals surface area contributed by atoms with Crippen molar-refractivity contribution in [1.29, 1.82) is 0 Å². The second-order valence-corrected chi connectivity index (χ2v) is 9.41. The Morgan fingerprint density at radius 1 is 1.06 bits per heavy atom. The number of benzene rings is 1. The molecule has 7 nitrogen and oxygen atoms in total. The van der Waals surface area contributed by atoms with E-state index in [0.29, 0.717) is 31.0 Å². The van der Waals surface area contributed by atoms with Crippen LogP contribution in [0, 0.1) is 11.6 Å². The lowest BCUT2D eigenvalue weighted by molar-refractivity contribution is -0.0803. The summed E-state index contributed by atoms with van der Waals surface area (Å²) in [5.74, 6) is -1.07. The molecule has 172 valence electrons. The highest BCUT2D eigenvalue weighted by Crippen LogP contribution is 2.41. The van der Waals surface area contributed by atoms with Gasteiger partial charge in [-0.2, -0.15) is 0 Å². The van der Waals surface area contributed by atoms with Gasteiger partial charge in [-0.1, -0.05) is 0 Å². The summed E-state index contributed by atoms with van der Waals surface area (Å²) in [4.78, 5) is 8.80. The van der Waals surface area contributed by atoms with Gasteiger partial charge in [-0.15, -0.1) is 0 Å². The molecule has 0 amide bonds. The number of anilines is 1. The molecule has 0 N–H and O–H groups in total. The zero-order chi connectivity index (χ0) is 21.7. The van der Waals surface area contributed by atoms with E-state index in [1.54, 1.807) is 12.5 Å². The first-order chi connectivity index (χ1) is 15.6. The monoisotopic (exact) mass is 447 g/mol. The molecule has 0 aliphatic carbocycles. The quantitative estimate of drug-likeness (QED) is 0.699. The van der Waals surface area contributed by atoms with Crippen LogP contribution >= 0.6 is 0 Å². The van der Waals surface area contributed by atoms with Gasteiger partial charge in [0, 0.05) is 17.7 Å². The zero-order valence-corrected chi connectivity index (χ0v) is 17.8. The van der Waals surface area contributed by atoms with Crippen molar-refractivity contribution in [2.24, 2.45) is 0 Å². The minimum Gasteiger partial charge on any atom is -0.485 e. The van der Waals surface area contributed by atoms with Crippen molar-refractivity contribution in [2.45, 2.75) is 42.9 Å². The van der Waals surface area contributed by atoms with Crippen LogP contribution in [-0.2, 0) is 9.47 Å². The van der Waals surface area contributed by atoms with Gasteiger partial charge in [0.15, 0.2) is 11.6 Å². The molecule has 0 bridgehead atoms. The molecule has 4 aliphatic heterocycles. The van der Waals surface area contributed by atoms with Gasteiger partial charge in [-0.05, 0) is 44.3 Å². The molecule has 1 atom stereocenters. The standard InChI is InChI=1S/C23H27F2N3O4/c24-19-7-18(21(8-20(19)25)32-17-11-29-12-17)15-1-4-27(5-2-15)16-9-23(31-10-16)13-28(14-23)22-26-3-6-30-22/h3,6-8,15-17H,1-2,4-5,9-14H2/t16-/m0/s1. The third-order valence-electron chi connectivity index (χ3n) is 7.28. The van der Waals surface area contributed by atoms with Crippen LogP contribution in [0.15, 0.2) is 29.0 Å². The summed E-state index contributed by atoms with van der Waals surface area (Å²) in [6.45, 7) is 5.14. The molecule has 1 spiro atoms. The maximum Gasteiger partial charge on any atom is 0.297 e. The Morgan fingerprint density at radius 3 is 2.53 bits per heavy atom. The first-order valence-corrected chi connectivity index (χ1v) is 11.3. The number of ether oxygens (including phenoxy) is 3. The van der Waals surface area contributed by atoms with E-state index in [0.717, 1.165) is 57.6 Å². The molecular weight excluding hydrogens is 420 g/mol. The Balaban J connectivity index is 1.07. The maximum absolute atomic E-state index is 14.0. The lowest BCUT2D eigenvalue weighted by Crippen LogP contribution is -2.62. The van der Waals surface area contributed by atoms with Gasteiger partial charge in [-0.25, -0.2) is 13.8 Å². The summed E-state index contributed by atoms with van der Waals surface area (Å²) in [6, 6.07) is 3.56. The fourth-order valence-electron chi connectivity index (χ4n) is 5.43. The van der Waals surface area contributed by atoms with Gasteiger partial charge in [0.25, 0.3) is 6.01 Å². The molecular formula is C23H27F2N3O4. The van der Waals surface area contributed by atoms with Crippen LogP contribution in [0.1, 0.15) is 30.7 Å². The molecule has 0 radical (unpaired) electrons. The predicted molar refractivity (Wildman–Crippen MR) is 111 cm³/mol. The molecule has 0 saturated carbocycles. The van der Waals surface area contributed by atoms with Crippen molar-refractivity contribution in [3.63, 3.8) is 0 Å². The minimum absolute atomic E-state index is 0.0797. The fourth-order valence-corrected chi connectivity index (χ4v) is 5.43. The van der Waals surface area contributed by atoms with Gasteiger partial charge < -0.3 is 23.5 Å². The number of likely N-dealkylation sites (tertiary alicyclic amines) is 1. The van der Waals surface area contributed by atoms with E-state index in [1.807, 2.05) is 0 Å². The van der Waals surface area contributed by atoms with Crippen LogP contribution < -0.4 is 9.64 Å². The van der Waals surface area contributed by atoms with Crippen molar-refractivity contribution in [2.75, 3.05) is 50.9 Å². The summed E-state index contributed by atoms with van der Waals surface area (Å²) >= 11 is 0. The molecule has 0 unspecified atom stereocenters. The van der Waals surface area contributed by atoms with Gasteiger partial charge in [-0.3, -0.25) is 4.90 Å². The number of oxazole rings is 1. The molecule has 4 saturated heterocycles. The first kappa shape index (κ1) is 20.4. The predicted octanol–water partition coefficient (Wildman–Crippen LogP) is 2.96. The molecule has 6 rings (SSSR count). The number of piperidine rings is 1. The minimum atomic E-state index is -0.867. The third kappa shape index (κ3) is 3.66. The lowest BCUT2D eigenvalue weighted by Gasteiger charge is -2.46. The number of hydrogen-bond acceptors (Lipinski definition) is 7. The smallest absolute Gasteiger partial charge is 0.297 e. The summed E-state index contributed by atoms with van der Waals surface area (Å²) in [6.07, 6.45) is 5.93. The summed E-state index contributed by atoms with van der Waals surface area (Å²) in [5, 5.41) is 0. The molecule has 2 aromatic rings. The average Bonchev–Trinajstić information content (AvgIpc) is 3.42. The largest absolute Gasteiger partial charge is 0.485 e. The van der Waals surface area contributed by atoms with Crippen molar-refractivity contribution in [1.82, 2.24) is 9.88 Å². The van der Waals surface area contributed by atoms with Gasteiger partial charge >= 0.3 is 0 Å². The molecule has 32 heavy (non-hydrogen) atoms. The van der Waals surface area contributed by atoms with Gasteiger partial charge in [0.05, 0.1) is 39.1 Å². The topological polar surface area (TPSA) is 60.2 Å². The van der Waals surface area contributed by atoms with E-state index in [-0.39, 0.29) is 17.6 Å². The Morgan fingerprint density at radius 2 is 1.84 bits per heavy atom. The van der Waals surface area contributed by atoms with Crippen LogP contribution in [0.3, 0.4) is 0 Å². The molecule has 5 heterocycles. The number of hydrogen-bond donors (Lipinski definition) is 0. The Kier molecular flexibility index (Phi) is 5.07. The molecule has 9 heteroatoms. The van der Waals surface area contributed by atoms with E-state index in [2.05, 4.69) is 14.8 Å². The van der Waals surface area contributed by atoms with Crippen molar-refractivity contribution < 1.29 is 27.4 Å².